The third-order valence-electron chi connectivity index (χ3n) is 2.92. The highest BCUT2D eigenvalue weighted by molar-refractivity contribution is 5.74. The van der Waals surface area contributed by atoms with Gasteiger partial charge in [-0.25, -0.2) is 0 Å². The molecule has 0 aliphatic carbocycles. The molecule has 18 heavy (non-hydrogen) atoms. The van der Waals surface area contributed by atoms with Crippen molar-refractivity contribution in [1.82, 2.24) is 15.3 Å². The zero-order valence-corrected chi connectivity index (χ0v) is 10.6. The van der Waals surface area contributed by atoms with Crippen molar-refractivity contribution in [2.75, 3.05) is 6.54 Å². The summed E-state index contributed by atoms with van der Waals surface area (Å²) in [4.78, 5) is 8.61. The Bertz CT molecular complexity index is 557. The first-order valence-electron chi connectivity index (χ1n) is 6.22. The van der Waals surface area contributed by atoms with Gasteiger partial charge < -0.3 is 5.32 Å². The van der Waals surface area contributed by atoms with E-state index in [1.165, 1.54) is 5.56 Å². The predicted molar refractivity (Wildman–Crippen MR) is 74.0 cm³/mol. The Balaban J connectivity index is 2.29. The Hall–Kier alpha value is -1.92. The highest BCUT2D eigenvalue weighted by Crippen LogP contribution is 2.21. The average molecular weight is 239 g/mol. The lowest BCUT2D eigenvalue weighted by Gasteiger charge is -2.17. The number of hydrogen-bond acceptors (Lipinski definition) is 3. The molecule has 2 aromatic rings. The van der Waals surface area contributed by atoms with Gasteiger partial charge in [0.05, 0.1) is 11.0 Å². The monoisotopic (exact) mass is 239 g/mol. The van der Waals surface area contributed by atoms with Crippen LogP contribution in [-0.4, -0.2) is 16.5 Å². The van der Waals surface area contributed by atoms with Crippen LogP contribution in [0.25, 0.3) is 11.0 Å². The summed E-state index contributed by atoms with van der Waals surface area (Å²) in [5.74, 6) is 2.70. The van der Waals surface area contributed by atoms with E-state index in [2.05, 4.69) is 40.3 Å². The molecule has 1 unspecified atom stereocenters. The van der Waals surface area contributed by atoms with E-state index in [0.29, 0.717) is 0 Å². The summed E-state index contributed by atoms with van der Waals surface area (Å²) in [6.07, 6.45) is 10.5. The molecule has 1 heterocycles. The van der Waals surface area contributed by atoms with Gasteiger partial charge in [0, 0.05) is 24.9 Å². The zero-order chi connectivity index (χ0) is 12.8. The van der Waals surface area contributed by atoms with Crippen LogP contribution in [0.15, 0.2) is 30.6 Å². The molecule has 1 atom stereocenters. The number of nitrogens with one attached hydrogen (secondary N) is 1. The minimum atomic E-state index is 0.289. The summed E-state index contributed by atoms with van der Waals surface area (Å²) in [5, 5.41) is 3.45. The highest BCUT2D eigenvalue weighted by atomic mass is 14.9. The van der Waals surface area contributed by atoms with Crippen molar-refractivity contribution in [1.29, 1.82) is 0 Å². The number of aromatic nitrogens is 2. The number of benzene rings is 1. The fourth-order valence-electron chi connectivity index (χ4n) is 2.06. The first-order valence-corrected chi connectivity index (χ1v) is 6.22. The van der Waals surface area contributed by atoms with E-state index >= 15 is 0 Å². The van der Waals surface area contributed by atoms with Crippen molar-refractivity contribution < 1.29 is 0 Å². The predicted octanol–water partition coefficient (Wildman–Crippen LogP) is 2.69. The summed E-state index contributed by atoms with van der Waals surface area (Å²) in [5.41, 5.74) is 3.08. The molecule has 1 aromatic heterocycles. The van der Waals surface area contributed by atoms with Crippen LogP contribution in [0.4, 0.5) is 0 Å². The maximum Gasteiger partial charge on any atom is 0.0890 e. The molecule has 3 nitrogen and oxygen atoms in total. The zero-order valence-electron chi connectivity index (χ0n) is 10.6. The van der Waals surface area contributed by atoms with Gasteiger partial charge in [0.25, 0.3) is 0 Å². The fourth-order valence-corrected chi connectivity index (χ4v) is 2.06. The molecular weight excluding hydrogens is 222 g/mol. The van der Waals surface area contributed by atoms with Crippen molar-refractivity contribution in [3.05, 3.63) is 36.2 Å². The molecule has 0 saturated heterocycles. The maximum absolute atomic E-state index is 5.34. The maximum atomic E-state index is 5.34. The largest absolute Gasteiger partial charge is 0.310 e. The van der Waals surface area contributed by atoms with Crippen molar-refractivity contribution in [3.63, 3.8) is 0 Å². The van der Waals surface area contributed by atoms with Crippen LogP contribution in [-0.2, 0) is 0 Å². The summed E-state index contributed by atoms with van der Waals surface area (Å²) in [6, 6.07) is 6.49. The normalized spacial score (nSPS) is 12.2. The SMILES string of the molecule is C#CCCC(NCC)c1ccc2nccnc2c1. The summed E-state index contributed by atoms with van der Waals surface area (Å²) < 4.78 is 0. The van der Waals surface area contributed by atoms with Gasteiger partial charge in [0.2, 0.25) is 0 Å². The third kappa shape index (κ3) is 2.85. The summed E-state index contributed by atoms with van der Waals surface area (Å²) in [6.45, 7) is 3.03. The molecule has 92 valence electrons. The smallest absolute Gasteiger partial charge is 0.0890 e. The Morgan fingerprint density at radius 3 is 2.78 bits per heavy atom. The lowest BCUT2D eigenvalue weighted by molar-refractivity contribution is 0.523. The summed E-state index contributed by atoms with van der Waals surface area (Å²) in [7, 11) is 0. The molecule has 0 spiro atoms. The van der Waals surface area contributed by atoms with Gasteiger partial charge in [-0.05, 0) is 30.7 Å². The molecule has 0 fully saturated rings. The van der Waals surface area contributed by atoms with Gasteiger partial charge in [-0.3, -0.25) is 9.97 Å². The number of nitrogens with zero attached hydrogens (tertiary/aromatic N) is 2. The average Bonchev–Trinajstić information content (AvgIpc) is 2.43. The second-order valence-corrected chi connectivity index (χ2v) is 4.16. The van der Waals surface area contributed by atoms with Crippen LogP contribution >= 0.6 is 0 Å². The molecule has 0 radical (unpaired) electrons. The van der Waals surface area contributed by atoms with Crippen molar-refractivity contribution in [2.45, 2.75) is 25.8 Å². The Kier molecular flexibility index (Phi) is 4.27. The Morgan fingerprint density at radius 2 is 2.06 bits per heavy atom. The minimum Gasteiger partial charge on any atom is -0.310 e. The lowest BCUT2D eigenvalue weighted by Crippen LogP contribution is -2.20. The molecule has 2 rings (SSSR count). The van der Waals surface area contributed by atoms with Crippen molar-refractivity contribution in [3.8, 4) is 12.3 Å². The Labute approximate surface area is 108 Å². The lowest BCUT2D eigenvalue weighted by atomic mass is 10.0. The Morgan fingerprint density at radius 1 is 1.28 bits per heavy atom. The van der Waals surface area contributed by atoms with Gasteiger partial charge in [-0.2, -0.15) is 0 Å². The first-order chi connectivity index (χ1) is 8.85. The van der Waals surface area contributed by atoms with Gasteiger partial charge in [0.1, 0.15) is 0 Å². The van der Waals surface area contributed by atoms with E-state index in [9.17, 15) is 0 Å². The standard InChI is InChI=1S/C15H17N3/c1-3-5-6-13(16-4-2)12-7-8-14-15(11-12)18-10-9-17-14/h1,7-11,13,16H,4-6H2,2H3. The molecule has 0 aliphatic heterocycles. The van der Waals surface area contributed by atoms with E-state index in [-0.39, 0.29) is 6.04 Å². The molecule has 0 bridgehead atoms. The van der Waals surface area contributed by atoms with E-state index in [1.54, 1.807) is 12.4 Å². The fraction of sp³-hybridized carbons (Fsp3) is 0.333. The van der Waals surface area contributed by atoms with Crippen LogP contribution in [0.5, 0.6) is 0 Å². The highest BCUT2D eigenvalue weighted by Gasteiger charge is 2.10. The number of fused-ring (bicyclic) bond motifs is 1. The van der Waals surface area contributed by atoms with Crippen molar-refractivity contribution in [2.24, 2.45) is 0 Å². The second kappa shape index (κ2) is 6.13. The van der Waals surface area contributed by atoms with E-state index in [0.717, 1.165) is 30.4 Å². The molecule has 1 N–H and O–H groups in total. The quantitative estimate of drug-likeness (QED) is 0.815. The molecule has 0 amide bonds. The van der Waals surface area contributed by atoms with Crippen LogP contribution in [0, 0.1) is 12.3 Å². The number of terminal acetylenes is 1. The van der Waals surface area contributed by atoms with Gasteiger partial charge in [0.15, 0.2) is 0 Å². The molecule has 3 heteroatoms. The van der Waals surface area contributed by atoms with E-state index < -0.39 is 0 Å². The van der Waals surface area contributed by atoms with Gasteiger partial charge in [-0.1, -0.05) is 13.0 Å². The van der Waals surface area contributed by atoms with Crippen LogP contribution in [0.3, 0.4) is 0 Å². The van der Waals surface area contributed by atoms with E-state index in [1.807, 2.05) is 6.07 Å². The number of hydrogen-bond donors (Lipinski definition) is 1. The molecule has 0 saturated carbocycles. The molecular formula is C15H17N3. The third-order valence-corrected chi connectivity index (χ3v) is 2.92. The topological polar surface area (TPSA) is 37.8 Å². The summed E-state index contributed by atoms with van der Waals surface area (Å²) >= 11 is 0. The second-order valence-electron chi connectivity index (χ2n) is 4.16. The molecule has 0 aliphatic rings. The first kappa shape index (κ1) is 12.5. The van der Waals surface area contributed by atoms with Gasteiger partial charge in [-0.15, -0.1) is 12.3 Å². The van der Waals surface area contributed by atoms with Crippen LogP contribution < -0.4 is 5.32 Å². The van der Waals surface area contributed by atoms with Crippen molar-refractivity contribution >= 4 is 11.0 Å². The number of rotatable bonds is 5. The van der Waals surface area contributed by atoms with Crippen LogP contribution in [0.1, 0.15) is 31.4 Å². The van der Waals surface area contributed by atoms with Crippen LogP contribution in [0.2, 0.25) is 0 Å². The van der Waals surface area contributed by atoms with E-state index in [4.69, 9.17) is 6.42 Å². The van der Waals surface area contributed by atoms with Gasteiger partial charge >= 0.3 is 0 Å². The molecule has 1 aromatic carbocycles. The minimum absolute atomic E-state index is 0.289.